The smallest absolute Gasteiger partial charge is 0.241 e. The summed E-state index contributed by atoms with van der Waals surface area (Å²) in [7, 11) is 0. The van der Waals surface area contributed by atoms with Crippen LogP contribution in [-0.4, -0.2) is 18.5 Å². The SMILES string of the molecule is CCCC(N)C(=O)Nc1ccc(CN2CCc3ccccc32)cc1. The lowest BCUT2D eigenvalue weighted by Crippen LogP contribution is -2.35. The topological polar surface area (TPSA) is 58.4 Å². The van der Waals surface area contributed by atoms with Gasteiger partial charge in [-0.25, -0.2) is 0 Å². The summed E-state index contributed by atoms with van der Waals surface area (Å²) in [5.74, 6) is -0.113. The first kappa shape index (κ1) is 16.5. The molecule has 1 aliphatic rings. The molecule has 0 saturated heterocycles. The van der Waals surface area contributed by atoms with Gasteiger partial charge in [-0.15, -0.1) is 0 Å². The molecule has 24 heavy (non-hydrogen) atoms. The molecule has 4 heteroatoms. The minimum absolute atomic E-state index is 0.113. The molecular weight excluding hydrogens is 298 g/mol. The van der Waals surface area contributed by atoms with Gasteiger partial charge in [0.15, 0.2) is 0 Å². The average Bonchev–Trinajstić information content (AvgIpc) is 3.00. The Kier molecular flexibility index (Phi) is 5.16. The summed E-state index contributed by atoms with van der Waals surface area (Å²) in [4.78, 5) is 14.4. The quantitative estimate of drug-likeness (QED) is 0.857. The highest BCUT2D eigenvalue weighted by atomic mass is 16.2. The fraction of sp³-hybridized carbons (Fsp3) is 0.350. The molecule has 2 aromatic carbocycles. The monoisotopic (exact) mass is 323 g/mol. The van der Waals surface area contributed by atoms with Crippen molar-refractivity contribution in [2.75, 3.05) is 16.8 Å². The van der Waals surface area contributed by atoms with Gasteiger partial charge in [0.2, 0.25) is 5.91 Å². The highest BCUT2D eigenvalue weighted by Crippen LogP contribution is 2.28. The van der Waals surface area contributed by atoms with E-state index in [1.165, 1.54) is 16.8 Å². The second-order valence-corrected chi connectivity index (χ2v) is 6.38. The molecule has 3 N–H and O–H groups in total. The van der Waals surface area contributed by atoms with Crippen LogP contribution in [0.15, 0.2) is 48.5 Å². The van der Waals surface area contributed by atoms with Crippen molar-refractivity contribution in [3.8, 4) is 0 Å². The Morgan fingerprint density at radius 1 is 1.21 bits per heavy atom. The highest BCUT2D eigenvalue weighted by Gasteiger charge is 2.18. The highest BCUT2D eigenvalue weighted by molar-refractivity contribution is 5.94. The number of fused-ring (bicyclic) bond motifs is 1. The van der Waals surface area contributed by atoms with Crippen molar-refractivity contribution in [2.24, 2.45) is 5.73 Å². The summed E-state index contributed by atoms with van der Waals surface area (Å²) in [5.41, 5.74) is 10.6. The number of hydrogen-bond donors (Lipinski definition) is 2. The van der Waals surface area contributed by atoms with Crippen LogP contribution in [0.4, 0.5) is 11.4 Å². The van der Waals surface area contributed by atoms with Crippen LogP contribution in [0, 0.1) is 0 Å². The Labute approximate surface area is 143 Å². The third kappa shape index (κ3) is 3.77. The van der Waals surface area contributed by atoms with Crippen LogP contribution in [0.5, 0.6) is 0 Å². The second-order valence-electron chi connectivity index (χ2n) is 6.38. The normalized spacial score (nSPS) is 14.3. The van der Waals surface area contributed by atoms with E-state index in [1.54, 1.807) is 0 Å². The molecule has 1 atom stereocenters. The van der Waals surface area contributed by atoms with Crippen molar-refractivity contribution in [1.29, 1.82) is 0 Å². The molecule has 0 radical (unpaired) electrons. The van der Waals surface area contributed by atoms with E-state index in [0.29, 0.717) is 6.42 Å². The number of anilines is 2. The second kappa shape index (κ2) is 7.49. The third-order valence-corrected chi connectivity index (χ3v) is 4.51. The fourth-order valence-corrected chi connectivity index (χ4v) is 3.16. The van der Waals surface area contributed by atoms with Crippen LogP contribution in [0.3, 0.4) is 0 Å². The molecule has 3 rings (SSSR count). The maximum absolute atomic E-state index is 12.0. The molecule has 4 nitrogen and oxygen atoms in total. The minimum Gasteiger partial charge on any atom is -0.367 e. The molecular formula is C20H25N3O. The third-order valence-electron chi connectivity index (χ3n) is 4.51. The van der Waals surface area contributed by atoms with Gasteiger partial charge in [0.05, 0.1) is 6.04 Å². The number of para-hydroxylation sites is 1. The lowest BCUT2D eigenvalue weighted by Gasteiger charge is -2.19. The number of nitrogens with two attached hydrogens (primary N) is 1. The number of carbonyl (C=O) groups excluding carboxylic acids is 1. The van der Waals surface area contributed by atoms with Gasteiger partial charge < -0.3 is 16.0 Å². The number of carbonyl (C=O) groups is 1. The summed E-state index contributed by atoms with van der Waals surface area (Å²) in [6.07, 6.45) is 2.72. The van der Waals surface area contributed by atoms with Gasteiger partial charge in [-0.05, 0) is 42.2 Å². The van der Waals surface area contributed by atoms with Crippen LogP contribution in [0.25, 0.3) is 0 Å². The number of rotatable bonds is 6. The largest absolute Gasteiger partial charge is 0.367 e. The molecule has 1 aliphatic heterocycles. The zero-order chi connectivity index (χ0) is 16.9. The molecule has 0 saturated carbocycles. The minimum atomic E-state index is -0.434. The zero-order valence-electron chi connectivity index (χ0n) is 14.2. The first-order chi connectivity index (χ1) is 11.7. The van der Waals surface area contributed by atoms with Crippen LogP contribution in [0.1, 0.15) is 30.9 Å². The Hall–Kier alpha value is -2.33. The van der Waals surface area contributed by atoms with Crippen LogP contribution in [-0.2, 0) is 17.8 Å². The van der Waals surface area contributed by atoms with E-state index >= 15 is 0 Å². The molecule has 126 valence electrons. The van der Waals surface area contributed by atoms with E-state index in [-0.39, 0.29) is 5.91 Å². The summed E-state index contributed by atoms with van der Waals surface area (Å²) >= 11 is 0. The Morgan fingerprint density at radius 2 is 1.96 bits per heavy atom. The number of benzene rings is 2. The molecule has 2 aromatic rings. The summed E-state index contributed by atoms with van der Waals surface area (Å²) in [5, 5.41) is 2.89. The Bertz CT molecular complexity index is 696. The first-order valence-corrected chi connectivity index (χ1v) is 8.65. The Morgan fingerprint density at radius 3 is 2.71 bits per heavy atom. The van der Waals surface area contributed by atoms with E-state index in [2.05, 4.69) is 46.6 Å². The van der Waals surface area contributed by atoms with Gasteiger partial charge in [-0.2, -0.15) is 0 Å². The lowest BCUT2D eigenvalue weighted by molar-refractivity contribution is -0.117. The molecule has 1 heterocycles. The predicted octanol–water partition coefficient (Wildman–Crippen LogP) is 3.32. The number of amides is 1. The van der Waals surface area contributed by atoms with Gasteiger partial charge in [0.25, 0.3) is 0 Å². The molecule has 0 bridgehead atoms. The van der Waals surface area contributed by atoms with Crippen molar-refractivity contribution in [1.82, 2.24) is 0 Å². The van der Waals surface area contributed by atoms with E-state index in [1.807, 2.05) is 19.1 Å². The van der Waals surface area contributed by atoms with Gasteiger partial charge >= 0.3 is 0 Å². The van der Waals surface area contributed by atoms with E-state index in [4.69, 9.17) is 5.73 Å². The summed E-state index contributed by atoms with van der Waals surface area (Å²) in [6, 6.07) is 16.2. The number of nitrogens with one attached hydrogen (secondary N) is 1. The number of hydrogen-bond acceptors (Lipinski definition) is 3. The molecule has 0 fully saturated rings. The maximum Gasteiger partial charge on any atom is 0.241 e. The van der Waals surface area contributed by atoms with E-state index in [0.717, 1.165) is 31.6 Å². The molecule has 1 unspecified atom stereocenters. The molecule has 0 aliphatic carbocycles. The van der Waals surface area contributed by atoms with Crippen molar-refractivity contribution < 1.29 is 4.79 Å². The molecule has 0 aromatic heterocycles. The zero-order valence-corrected chi connectivity index (χ0v) is 14.2. The maximum atomic E-state index is 12.0. The van der Waals surface area contributed by atoms with Gasteiger partial charge in [-0.1, -0.05) is 43.7 Å². The van der Waals surface area contributed by atoms with Crippen LogP contribution >= 0.6 is 0 Å². The van der Waals surface area contributed by atoms with Crippen LogP contribution < -0.4 is 16.0 Å². The van der Waals surface area contributed by atoms with Gasteiger partial charge in [0, 0.05) is 24.5 Å². The predicted molar refractivity (Wildman–Crippen MR) is 99.2 cm³/mol. The van der Waals surface area contributed by atoms with Gasteiger partial charge in [0.1, 0.15) is 0 Å². The van der Waals surface area contributed by atoms with E-state index in [9.17, 15) is 4.79 Å². The molecule has 1 amide bonds. The number of nitrogens with zero attached hydrogens (tertiary/aromatic N) is 1. The van der Waals surface area contributed by atoms with Crippen molar-refractivity contribution in [3.63, 3.8) is 0 Å². The standard InChI is InChI=1S/C20H25N3O/c1-2-5-18(21)20(24)22-17-10-8-15(9-11-17)14-23-13-12-16-6-3-4-7-19(16)23/h3-4,6-11,18H,2,5,12-14,21H2,1H3,(H,22,24). The van der Waals surface area contributed by atoms with Crippen molar-refractivity contribution in [2.45, 2.75) is 38.8 Å². The summed E-state index contributed by atoms with van der Waals surface area (Å²) in [6.45, 7) is 3.97. The Balaban J connectivity index is 1.60. The first-order valence-electron chi connectivity index (χ1n) is 8.65. The van der Waals surface area contributed by atoms with Crippen LogP contribution in [0.2, 0.25) is 0 Å². The lowest BCUT2D eigenvalue weighted by atomic mass is 10.1. The van der Waals surface area contributed by atoms with E-state index < -0.39 is 6.04 Å². The average molecular weight is 323 g/mol. The summed E-state index contributed by atoms with van der Waals surface area (Å²) < 4.78 is 0. The molecule has 0 spiro atoms. The van der Waals surface area contributed by atoms with Crippen molar-refractivity contribution >= 4 is 17.3 Å². The fourth-order valence-electron chi connectivity index (χ4n) is 3.16. The van der Waals surface area contributed by atoms with Crippen molar-refractivity contribution in [3.05, 3.63) is 59.7 Å². The van der Waals surface area contributed by atoms with Gasteiger partial charge in [-0.3, -0.25) is 4.79 Å².